The molecule has 0 aliphatic rings. The molecule has 0 aromatic rings. The normalized spacial score (nSPS) is 12.6. The van der Waals surface area contributed by atoms with Crippen LogP contribution in [0.25, 0.3) is 0 Å². The molecule has 1 unspecified atom stereocenters. The van der Waals surface area contributed by atoms with Crippen molar-refractivity contribution in [2.75, 3.05) is 13.2 Å². The molecule has 0 fully saturated rings. The molecule has 61 heavy (non-hydrogen) atoms. The quantitative estimate of drug-likeness (QED) is 0.0263. The fraction of sp³-hybridized carbons (Fsp3) is 0.727. The molecule has 0 radical (unpaired) electrons. The molecule has 0 aromatic heterocycles. The van der Waals surface area contributed by atoms with Gasteiger partial charge in [-0.2, -0.15) is 0 Å². The van der Waals surface area contributed by atoms with Crippen LogP contribution in [-0.4, -0.2) is 37.2 Å². The van der Waals surface area contributed by atoms with E-state index in [2.05, 4.69) is 93.7 Å². The minimum absolute atomic E-state index is 0.0797. The van der Waals surface area contributed by atoms with Crippen LogP contribution in [0.3, 0.4) is 0 Å². The van der Waals surface area contributed by atoms with Crippen LogP contribution in [0.15, 0.2) is 72.9 Å². The average Bonchev–Trinajstić information content (AvgIpc) is 3.26. The number of allylic oxidation sites excluding steroid dienone is 12. The molecule has 0 heterocycles. The number of carbonyl (C=O) groups excluding carboxylic acids is 3. The maximum Gasteiger partial charge on any atom is 0.306 e. The summed E-state index contributed by atoms with van der Waals surface area (Å²) in [6.45, 7) is 6.38. The number of esters is 3. The molecule has 0 saturated heterocycles. The molecule has 6 nitrogen and oxygen atoms in total. The van der Waals surface area contributed by atoms with Crippen molar-refractivity contribution in [3.8, 4) is 0 Å². The molecule has 0 bridgehead atoms. The highest BCUT2D eigenvalue weighted by Crippen LogP contribution is 2.14. The Morgan fingerprint density at radius 2 is 0.656 bits per heavy atom. The Kier molecular flexibility index (Phi) is 46.9. The summed E-state index contributed by atoms with van der Waals surface area (Å²) < 4.78 is 16.6. The fourth-order valence-electron chi connectivity index (χ4n) is 6.86. The van der Waals surface area contributed by atoms with Crippen molar-refractivity contribution >= 4 is 17.9 Å². The summed E-state index contributed by atoms with van der Waals surface area (Å²) in [4.78, 5) is 37.5. The molecule has 0 aliphatic carbocycles. The van der Waals surface area contributed by atoms with Crippen molar-refractivity contribution in [3.05, 3.63) is 72.9 Å². The summed E-state index contributed by atoms with van der Waals surface area (Å²) in [5.74, 6) is -0.908. The number of hydrogen-bond acceptors (Lipinski definition) is 6. The van der Waals surface area contributed by atoms with E-state index in [9.17, 15) is 14.4 Å². The van der Waals surface area contributed by atoms with Gasteiger partial charge < -0.3 is 14.2 Å². The summed E-state index contributed by atoms with van der Waals surface area (Å²) in [7, 11) is 0. The van der Waals surface area contributed by atoms with Crippen LogP contribution in [0, 0.1) is 0 Å². The van der Waals surface area contributed by atoms with E-state index in [0.717, 1.165) is 109 Å². The molecule has 0 spiro atoms. The van der Waals surface area contributed by atoms with Gasteiger partial charge in [0.25, 0.3) is 0 Å². The number of unbranched alkanes of at least 4 members (excludes halogenated alkanes) is 22. The van der Waals surface area contributed by atoms with E-state index in [4.69, 9.17) is 14.2 Å². The van der Waals surface area contributed by atoms with Crippen molar-refractivity contribution < 1.29 is 28.6 Å². The van der Waals surface area contributed by atoms with E-state index in [0.29, 0.717) is 19.3 Å². The van der Waals surface area contributed by atoms with Crippen molar-refractivity contribution in [1.29, 1.82) is 0 Å². The Hall–Kier alpha value is -3.15. The smallest absolute Gasteiger partial charge is 0.306 e. The highest BCUT2D eigenvalue weighted by atomic mass is 16.6. The number of hydrogen-bond donors (Lipinski definition) is 0. The Morgan fingerprint density at radius 3 is 1.07 bits per heavy atom. The van der Waals surface area contributed by atoms with Gasteiger partial charge >= 0.3 is 17.9 Å². The van der Waals surface area contributed by atoms with Gasteiger partial charge in [-0.3, -0.25) is 14.4 Å². The van der Waals surface area contributed by atoms with Crippen LogP contribution in [0.2, 0.25) is 0 Å². The van der Waals surface area contributed by atoms with Gasteiger partial charge in [-0.25, -0.2) is 0 Å². The largest absolute Gasteiger partial charge is 0.462 e. The first-order valence-electron chi connectivity index (χ1n) is 25.4. The van der Waals surface area contributed by atoms with E-state index >= 15 is 0 Å². The molecule has 0 aliphatic heterocycles. The van der Waals surface area contributed by atoms with E-state index in [-0.39, 0.29) is 31.1 Å². The number of rotatable bonds is 45. The third kappa shape index (κ3) is 47.7. The number of carbonyl (C=O) groups is 3. The molecule has 350 valence electrons. The Balaban J connectivity index is 4.05. The van der Waals surface area contributed by atoms with Crippen LogP contribution in [0.1, 0.15) is 239 Å². The Morgan fingerprint density at radius 1 is 0.344 bits per heavy atom. The van der Waals surface area contributed by atoms with Gasteiger partial charge in [-0.15, -0.1) is 0 Å². The SMILES string of the molecule is CC/C=C\C/C=C\C/C=C\C/C=C\C/C=C\CCCCCCCCCCCCCC(=O)OCC(COC(=O)CCCCCCC)OC(=O)CCCCCCC/C=C\CCCC. The van der Waals surface area contributed by atoms with Crippen LogP contribution in [0.5, 0.6) is 0 Å². The van der Waals surface area contributed by atoms with Crippen molar-refractivity contribution in [1.82, 2.24) is 0 Å². The van der Waals surface area contributed by atoms with Crippen LogP contribution in [0.4, 0.5) is 0 Å². The van der Waals surface area contributed by atoms with Crippen LogP contribution >= 0.6 is 0 Å². The maximum absolute atomic E-state index is 12.7. The van der Waals surface area contributed by atoms with Gasteiger partial charge in [0.05, 0.1) is 0 Å². The van der Waals surface area contributed by atoms with E-state index in [1.54, 1.807) is 0 Å². The molecule has 0 saturated carbocycles. The molecule has 1 atom stereocenters. The summed E-state index contributed by atoms with van der Waals surface area (Å²) in [5, 5.41) is 0. The van der Waals surface area contributed by atoms with E-state index in [1.807, 2.05) is 0 Å². The molecule has 0 N–H and O–H groups in total. The first-order valence-corrected chi connectivity index (χ1v) is 25.4. The van der Waals surface area contributed by atoms with Gasteiger partial charge in [0, 0.05) is 19.3 Å². The van der Waals surface area contributed by atoms with Gasteiger partial charge in [-0.05, 0) is 83.5 Å². The van der Waals surface area contributed by atoms with E-state index in [1.165, 1.54) is 89.9 Å². The zero-order chi connectivity index (χ0) is 44.4. The first-order chi connectivity index (χ1) is 30.0. The Labute approximate surface area is 376 Å². The lowest BCUT2D eigenvalue weighted by Gasteiger charge is -2.18. The number of ether oxygens (including phenoxy) is 3. The van der Waals surface area contributed by atoms with Gasteiger partial charge in [0.2, 0.25) is 0 Å². The summed E-state index contributed by atoms with van der Waals surface area (Å²) in [5.41, 5.74) is 0. The highest BCUT2D eigenvalue weighted by molar-refractivity contribution is 5.71. The molecule has 0 amide bonds. The maximum atomic E-state index is 12.7. The van der Waals surface area contributed by atoms with Crippen LogP contribution in [-0.2, 0) is 28.6 Å². The van der Waals surface area contributed by atoms with Gasteiger partial charge in [0.15, 0.2) is 6.10 Å². The van der Waals surface area contributed by atoms with Crippen molar-refractivity contribution in [2.24, 2.45) is 0 Å². The van der Waals surface area contributed by atoms with Crippen LogP contribution < -0.4 is 0 Å². The summed E-state index contributed by atoms with van der Waals surface area (Å²) in [6.07, 6.45) is 62.2. The predicted octanol–water partition coefficient (Wildman–Crippen LogP) is 16.6. The standard InChI is InChI=1S/C55H94O6/c1-4-7-10-13-15-17-19-20-21-22-23-24-25-26-27-28-29-30-31-32-33-34-36-37-39-42-45-48-54(57)60-51-52(50-59-53(56)47-44-41-12-9-6-3)61-55(58)49-46-43-40-38-35-18-16-14-11-8-5-2/h7,10,14-17,20-21,23-24,26-27,52H,4-6,8-9,11-13,18-19,22,25,28-51H2,1-3H3/b10-7-,16-14-,17-15-,21-20-,24-23-,27-26-. The average molecular weight is 851 g/mol. The Bertz CT molecular complexity index is 1160. The topological polar surface area (TPSA) is 78.9 Å². The lowest BCUT2D eigenvalue weighted by Crippen LogP contribution is -2.30. The predicted molar refractivity (Wildman–Crippen MR) is 261 cm³/mol. The third-order valence-corrected chi connectivity index (χ3v) is 10.7. The highest BCUT2D eigenvalue weighted by Gasteiger charge is 2.19. The molecular formula is C55H94O6. The fourth-order valence-corrected chi connectivity index (χ4v) is 6.86. The second kappa shape index (κ2) is 49.5. The molecule has 0 rings (SSSR count). The van der Waals surface area contributed by atoms with Crippen molar-refractivity contribution in [3.63, 3.8) is 0 Å². The van der Waals surface area contributed by atoms with Gasteiger partial charge in [-0.1, -0.05) is 209 Å². The molecular weight excluding hydrogens is 757 g/mol. The van der Waals surface area contributed by atoms with Gasteiger partial charge in [0.1, 0.15) is 13.2 Å². The lowest BCUT2D eigenvalue weighted by atomic mass is 10.0. The summed E-state index contributed by atoms with van der Waals surface area (Å²) >= 11 is 0. The van der Waals surface area contributed by atoms with E-state index < -0.39 is 6.10 Å². The molecule has 0 aromatic carbocycles. The lowest BCUT2D eigenvalue weighted by molar-refractivity contribution is -0.167. The summed E-state index contributed by atoms with van der Waals surface area (Å²) in [6, 6.07) is 0. The second-order valence-electron chi connectivity index (χ2n) is 16.7. The first kappa shape index (κ1) is 57.9. The minimum Gasteiger partial charge on any atom is -0.462 e. The monoisotopic (exact) mass is 851 g/mol. The molecule has 6 heteroatoms. The second-order valence-corrected chi connectivity index (χ2v) is 16.7. The zero-order valence-corrected chi connectivity index (χ0v) is 39.9. The third-order valence-electron chi connectivity index (χ3n) is 10.7. The van der Waals surface area contributed by atoms with Crippen molar-refractivity contribution in [2.45, 2.75) is 245 Å². The minimum atomic E-state index is -0.774. The zero-order valence-electron chi connectivity index (χ0n) is 39.9.